The Morgan fingerprint density at radius 3 is 2.33 bits per heavy atom. The Balaban J connectivity index is 2.02. The Morgan fingerprint density at radius 1 is 1.08 bits per heavy atom. The van der Waals surface area contributed by atoms with E-state index in [4.69, 9.17) is 11.6 Å². The van der Waals surface area contributed by atoms with E-state index < -0.39 is 10.0 Å². The summed E-state index contributed by atoms with van der Waals surface area (Å²) in [5.41, 5.74) is 0.988. The van der Waals surface area contributed by atoms with Gasteiger partial charge in [0.2, 0.25) is 15.9 Å². The van der Waals surface area contributed by atoms with Gasteiger partial charge in [-0.05, 0) is 24.6 Å². The topological polar surface area (TPSA) is 66.5 Å². The van der Waals surface area contributed by atoms with Crippen LogP contribution in [0.3, 0.4) is 0 Å². The number of hydrogen-bond donors (Lipinski definition) is 1. The minimum atomic E-state index is -3.83. The standard InChI is InChI=1S/C17H19ClN2O3S/c1-2-20(13-14-8-4-3-5-9-14)17(21)12-19-24(22,23)16-11-7-6-10-15(16)18/h3-11,19H,2,12-13H2,1H3. The monoisotopic (exact) mass is 366 g/mol. The Labute approximate surface area is 147 Å². The number of carbonyl (C=O) groups excluding carboxylic acids is 1. The van der Waals surface area contributed by atoms with Crippen molar-refractivity contribution in [3.8, 4) is 0 Å². The molecular formula is C17H19ClN2O3S. The van der Waals surface area contributed by atoms with Crippen molar-refractivity contribution in [1.82, 2.24) is 9.62 Å². The molecule has 0 radical (unpaired) electrons. The fraction of sp³-hybridized carbons (Fsp3) is 0.235. The molecule has 0 aromatic heterocycles. The molecule has 5 nitrogen and oxygen atoms in total. The fourth-order valence-corrected chi connectivity index (χ4v) is 3.68. The van der Waals surface area contributed by atoms with Crippen molar-refractivity contribution in [1.29, 1.82) is 0 Å². The van der Waals surface area contributed by atoms with Crippen molar-refractivity contribution in [2.75, 3.05) is 13.1 Å². The summed E-state index contributed by atoms with van der Waals surface area (Å²) in [7, 11) is -3.83. The third-order valence-electron chi connectivity index (χ3n) is 3.49. The number of nitrogens with zero attached hydrogens (tertiary/aromatic N) is 1. The maximum absolute atomic E-state index is 12.3. The molecule has 0 saturated heterocycles. The van der Waals surface area contributed by atoms with E-state index in [-0.39, 0.29) is 22.4 Å². The van der Waals surface area contributed by atoms with Gasteiger partial charge < -0.3 is 4.90 Å². The third-order valence-corrected chi connectivity index (χ3v) is 5.39. The second-order valence-electron chi connectivity index (χ2n) is 5.15. The molecule has 2 rings (SSSR count). The van der Waals surface area contributed by atoms with Gasteiger partial charge in [0.05, 0.1) is 11.6 Å². The maximum atomic E-state index is 12.3. The van der Waals surface area contributed by atoms with E-state index in [1.54, 1.807) is 17.0 Å². The van der Waals surface area contributed by atoms with E-state index in [1.807, 2.05) is 37.3 Å². The van der Waals surface area contributed by atoms with E-state index >= 15 is 0 Å². The predicted molar refractivity (Wildman–Crippen MR) is 94.2 cm³/mol. The molecular weight excluding hydrogens is 348 g/mol. The van der Waals surface area contributed by atoms with Crippen molar-refractivity contribution in [3.05, 3.63) is 65.2 Å². The molecule has 1 N–H and O–H groups in total. The van der Waals surface area contributed by atoms with Crippen molar-refractivity contribution >= 4 is 27.5 Å². The van der Waals surface area contributed by atoms with Crippen LogP contribution in [0.1, 0.15) is 12.5 Å². The number of carbonyl (C=O) groups is 1. The highest BCUT2D eigenvalue weighted by Crippen LogP contribution is 2.19. The molecule has 0 spiro atoms. The molecule has 0 unspecified atom stereocenters. The first-order valence-electron chi connectivity index (χ1n) is 7.50. The summed E-state index contributed by atoms with van der Waals surface area (Å²) in [4.78, 5) is 13.9. The molecule has 7 heteroatoms. The number of halogens is 1. The Kier molecular flexibility index (Phi) is 6.36. The fourth-order valence-electron chi connectivity index (χ4n) is 2.19. The minimum absolute atomic E-state index is 0.0365. The summed E-state index contributed by atoms with van der Waals surface area (Å²) in [5, 5.41) is 0.120. The van der Waals surface area contributed by atoms with Gasteiger partial charge in [-0.1, -0.05) is 54.1 Å². The highest BCUT2D eigenvalue weighted by Gasteiger charge is 2.20. The first-order chi connectivity index (χ1) is 11.4. The quantitative estimate of drug-likeness (QED) is 0.819. The van der Waals surface area contributed by atoms with Crippen LogP contribution in [0.15, 0.2) is 59.5 Å². The normalized spacial score (nSPS) is 11.2. The van der Waals surface area contributed by atoms with E-state index in [0.717, 1.165) is 5.56 Å². The van der Waals surface area contributed by atoms with Crippen molar-refractivity contribution in [2.45, 2.75) is 18.4 Å². The van der Waals surface area contributed by atoms with Crippen LogP contribution in [-0.2, 0) is 21.4 Å². The summed E-state index contributed by atoms with van der Waals surface area (Å²) in [6.45, 7) is 2.46. The number of benzene rings is 2. The van der Waals surface area contributed by atoms with Gasteiger partial charge in [0.25, 0.3) is 0 Å². The van der Waals surface area contributed by atoms with Gasteiger partial charge in [-0.3, -0.25) is 4.79 Å². The van der Waals surface area contributed by atoms with Crippen LogP contribution < -0.4 is 4.72 Å². The zero-order chi connectivity index (χ0) is 17.6. The number of amides is 1. The SMILES string of the molecule is CCN(Cc1ccccc1)C(=O)CNS(=O)(=O)c1ccccc1Cl. The van der Waals surface area contributed by atoms with E-state index in [9.17, 15) is 13.2 Å². The molecule has 0 aliphatic rings. The lowest BCUT2D eigenvalue weighted by Gasteiger charge is -2.21. The lowest BCUT2D eigenvalue weighted by molar-refractivity contribution is -0.130. The zero-order valence-corrected chi connectivity index (χ0v) is 14.8. The molecule has 0 heterocycles. The molecule has 0 bridgehead atoms. The Bertz CT molecular complexity index is 794. The number of likely N-dealkylation sites (N-methyl/N-ethyl adjacent to an activating group) is 1. The van der Waals surface area contributed by atoms with E-state index in [0.29, 0.717) is 13.1 Å². The van der Waals surface area contributed by atoms with Crippen LogP contribution in [0.4, 0.5) is 0 Å². The van der Waals surface area contributed by atoms with Crippen LogP contribution in [-0.4, -0.2) is 32.3 Å². The second-order valence-corrected chi connectivity index (χ2v) is 7.29. The van der Waals surface area contributed by atoms with E-state index in [1.165, 1.54) is 12.1 Å². The number of sulfonamides is 1. The zero-order valence-electron chi connectivity index (χ0n) is 13.3. The molecule has 2 aromatic rings. The van der Waals surface area contributed by atoms with Crippen LogP contribution in [0.2, 0.25) is 5.02 Å². The van der Waals surface area contributed by atoms with Gasteiger partial charge in [0, 0.05) is 13.1 Å². The first-order valence-corrected chi connectivity index (χ1v) is 9.36. The predicted octanol–water partition coefficient (Wildman–Crippen LogP) is 2.67. The van der Waals surface area contributed by atoms with Gasteiger partial charge in [0.15, 0.2) is 0 Å². The average molecular weight is 367 g/mol. The third kappa shape index (κ3) is 4.80. The van der Waals surface area contributed by atoms with Crippen LogP contribution in [0.25, 0.3) is 0 Å². The molecule has 0 saturated carbocycles. The number of rotatable bonds is 7. The Morgan fingerprint density at radius 2 is 1.71 bits per heavy atom. The molecule has 0 fully saturated rings. The van der Waals surface area contributed by atoms with Gasteiger partial charge >= 0.3 is 0 Å². The molecule has 0 aliphatic heterocycles. The highest BCUT2D eigenvalue weighted by atomic mass is 35.5. The van der Waals surface area contributed by atoms with Gasteiger partial charge in [-0.2, -0.15) is 0 Å². The molecule has 2 aromatic carbocycles. The first kappa shape index (κ1) is 18.4. The summed E-state index contributed by atoms with van der Waals surface area (Å²) < 4.78 is 26.8. The van der Waals surface area contributed by atoms with E-state index in [2.05, 4.69) is 4.72 Å². The highest BCUT2D eigenvalue weighted by molar-refractivity contribution is 7.89. The maximum Gasteiger partial charge on any atom is 0.242 e. The minimum Gasteiger partial charge on any atom is -0.338 e. The van der Waals surface area contributed by atoms with Crippen molar-refractivity contribution < 1.29 is 13.2 Å². The number of hydrogen-bond acceptors (Lipinski definition) is 3. The molecule has 1 amide bonds. The molecule has 0 aliphatic carbocycles. The van der Waals surface area contributed by atoms with Crippen molar-refractivity contribution in [2.24, 2.45) is 0 Å². The average Bonchev–Trinajstić information content (AvgIpc) is 2.59. The molecule has 24 heavy (non-hydrogen) atoms. The van der Waals surface area contributed by atoms with Crippen LogP contribution in [0, 0.1) is 0 Å². The second kappa shape index (κ2) is 8.28. The van der Waals surface area contributed by atoms with Gasteiger partial charge in [0.1, 0.15) is 4.90 Å². The molecule has 0 atom stereocenters. The van der Waals surface area contributed by atoms with Gasteiger partial charge in [-0.25, -0.2) is 13.1 Å². The van der Waals surface area contributed by atoms with Gasteiger partial charge in [-0.15, -0.1) is 0 Å². The largest absolute Gasteiger partial charge is 0.338 e. The number of nitrogens with one attached hydrogen (secondary N) is 1. The lowest BCUT2D eigenvalue weighted by atomic mass is 10.2. The lowest BCUT2D eigenvalue weighted by Crippen LogP contribution is -2.39. The van der Waals surface area contributed by atoms with Crippen LogP contribution in [0.5, 0.6) is 0 Å². The van der Waals surface area contributed by atoms with Crippen molar-refractivity contribution in [3.63, 3.8) is 0 Å². The molecule has 128 valence electrons. The summed E-state index contributed by atoms with van der Waals surface area (Å²) in [6, 6.07) is 15.7. The Hall–Kier alpha value is -1.89. The van der Waals surface area contributed by atoms with Crippen LogP contribution >= 0.6 is 11.6 Å². The summed E-state index contributed by atoms with van der Waals surface area (Å²) in [5.74, 6) is -0.294. The summed E-state index contributed by atoms with van der Waals surface area (Å²) >= 11 is 5.91. The smallest absolute Gasteiger partial charge is 0.242 e. The summed E-state index contributed by atoms with van der Waals surface area (Å²) in [6.07, 6.45) is 0.